The SMILES string of the molecule is COc1ccc([N+](=O)[O-])cc1OCCCCCOc1cc([N+](=O)[O-])c(C(=O)O)cc1OC. The zero-order valence-electron chi connectivity index (χ0n) is 17.4. The molecule has 2 aromatic rings. The Balaban J connectivity index is 1.87. The Morgan fingerprint density at radius 3 is 1.94 bits per heavy atom. The second-order valence-electron chi connectivity index (χ2n) is 6.43. The number of nitrogens with zero attached hydrogens (tertiary/aromatic N) is 2. The van der Waals surface area contributed by atoms with Gasteiger partial charge in [0.1, 0.15) is 5.56 Å². The Morgan fingerprint density at radius 1 is 0.844 bits per heavy atom. The summed E-state index contributed by atoms with van der Waals surface area (Å²) in [7, 11) is 2.74. The molecule has 0 saturated heterocycles. The molecule has 0 saturated carbocycles. The van der Waals surface area contributed by atoms with Gasteiger partial charge in [-0.3, -0.25) is 20.2 Å². The number of non-ortho nitro benzene ring substituents is 1. The van der Waals surface area contributed by atoms with E-state index in [9.17, 15) is 25.0 Å². The lowest BCUT2D eigenvalue weighted by Gasteiger charge is -2.12. The Hall–Kier alpha value is -4.09. The number of aromatic carboxylic acids is 1. The van der Waals surface area contributed by atoms with Crippen LogP contribution >= 0.6 is 0 Å². The van der Waals surface area contributed by atoms with E-state index in [1.807, 2.05) is 0 Å². The summed E-state index contributed by atoms with van der Waals surface area (Å²) in [5.41, 5.74) is -1.19. The standard InChI is InChI=1S/C20H22N2O10/c1-29-16-7-6-13(21(25)26)10-18(16)31-8-4-3-5-9-32-19-12-15(22(27)28)14(20(23)24)11-17(19)30-2/h6-7,10-12H,3-5,8-9H2,1-2H3,(H,23,24). The van der Waals surface area contributed by atoms with Crippen molar-refractivity contribution in [1.29, 1.82) is 0 Å². The molecule has 0 bridgehead atoms. The summed E-state index contributed by atoms with van der Waals surface area (Å²) in [5.74, 6) is -0.635. The second kappa shape index (κ2) is 11.3. The third kappa shape index (κ3) is 6.20. The molecule has 0 amide bonds. The van der Waals surface area contributed by atoms with Gasteiger partial charge in [-0.15, -0.1) is 0 Å². The van der Waals surface area contributed by atoms with E-state index in [2.05, 4.69) is 0 Å². The van der Waals surface area contributed by atoms with E-state index < -0.39 is 27.1 Å². The van der Waals surface area contributed by atoms with Gasteiger partial charge in [-0.1, -0.05) is 0 Å². The van der Waals surface area contributed by atoms with Crippen LogP contribution in [0.1, 0.15) is 29.6 Å². The summed E-state index contributed by atoms with van der Waals surface area (Å²) in [5, 5.41) is 31.2. The van der Waals surface area contributed by atoms with Gasteiger partial charge >= 0.3 is 5.97 Å². The van der Waals surface area contributed by atoms with Gasteiger partial charge in [0.2, 0.25) is 0 Å². The van der Waals surface area contributed by atoms with Crippen LogP contribution in [0.2, 0.25) is 0 Å². The monoisotopic (exact) mass is 450 g/mol. The van der Waals surface area contributed by atoms with E-state index >= 15 is 0 Å². The number of rotatable bonds is 13. The average Bonchev–Trinajstić information content (AvgIpc) is 2.77. The zero-order valence-corrected chi connectivity index (χ0v) is 17.4. The first-order chi connectivity index (χ1) is 15.3. The van der Waals surface area contributed by atoms with E-state index in [-0.39, 0.29) is 29.5 Å². The summed E-state index contributed by atoms with van der Waals surface area (Å²) >= 11 is 0. The number of benzene rings is 2. The predicted octanol–water partition coefficient (Wildman–Crippen LogP) is 3.85. The van der Waals surface area contributed by atoms with Crippen molar-refractivity contribution in [3.05, 3.63) is 56.1 Å². The van der Waals surface area contributed by atoms with Gasteiger partial charge in [0.05, 0.1) is 49.4 Å². The summed E-state index contributed by atoms with van der Waals surface area (Å²) in [6.07, 6.45) is 1.87. The molecule has 0 aromatic heterocycles. The van der Waals surface area contributed by atoms with Crippen LogP contribution in [0.3, 0.4) is 0 Å². The van der Waals surface area contributed by atoms with Crippen LogP contribution in [0.4, 0.5) is 11.4 Å². The molecule has 0 aliphatic carbocycles. The summed E-state index contributed by atoms with van der Waals surface area (Å²) in [6.45, 7) is 0.500. The van der Waals surface area contributed by atoms with Crippen molar-refractivity contribution >= 4 is 17.3 Å². The number of carbonyl (C=O) groups is 1. The van der Waals surface area contributed by atoms with E-state index in [0.717, 1.165) is 12.1 Å². The molecule has 0 heterocycles. The minimum Gasteiger partial charge on any atom is -0.493 e. The summed E-state index contributed by atoms with van der Waals surface area (Å²) in [4.78, 5) is 31.9. The van der Waals surface area contributed by atoms with E-state index in [4.69, 9.17) is 24.1 Å². The fourth-order valence-corrected chi connectivity index (χ4v) is 2.78. The van der Waals surface area contributed by atoms with Gasteiger partial charge in [-0.05, 0) is 25.3 Å². The molecule has 1 N–H and O–H groups in total. The van der Waals surface area contributed by atoms with Gasteiger partial charge in [-0.25, -0.2) is 4.79 Å². The number of hydrogen-bond acceptors (Lipinski definition) is 9. The molecule has 12 heteroatoms. The van der Waals surface area contributed by atoms with Gasteiger partial charge in [0, 0.05) is 12.1 Å². The molecule has 12 nitrogen and oxygen atoms in total. The number of carboxylic acid groups (broad SMARTS) is 1. The first-order valence-electron chi connectivity index (χ1n) is 9.46. The largest absolute Gasteiger partial charge is 0.493 e. The molecule has 0 fully saturated rings. The highest BCUT2D eigenvalue weighted by Gasteiger charge is 2.24. The van der Waals surface area contributed by atoms with Gasteiger partial charge in [0.25, 0.3) is 11.4 Å². The fraction of sp³-hybridized carbons (Fsp3) is 0.350. The summed E-state index contributed by atoms with van der Waals surface area (Å²) < 4.78 is 21.3. The molecule has 2 aromatic carbocycles. The Labute approximate surface area is 182 Å². The quantitative estimate of drug-likeness (QED) is 0.269. The zero-order chi connectivity index (χ0) is 23.7. The van der Waals surface area contributed by atoms with Crippen molar-refractivity contribution in [2.45, 2.75) is 19.3 Å². The highest BCUT2D eigenvalue weighted by atomic mass is 16.6. The maximum Gasteiger partial charge on any atom is 0.342 e. The number of nitro benzene ring substituents is 2. The molecule has 2 rings (SSSR count). The molecule has 0 unspecified atom stereocenters. The minimum atomic E-state index is -1.44. The number of hydrogen-bond donors (Lipinski definition) is 1. The maximum absolute atomic E-state index is 11.2. The topological polar surface area (TPSA) is 160 Å². The number of nitro groups is 2. The van der Waals surface area contributed by atoms with Crippen molar-refractivity contribution < 1.29 is 38.7 Å². The van der Waals surface area contributed by atoms with E-state index in [0.29, 0.717) is 31.6 Å². The number of unbranched alkanes of at least 4 members (excludes halogenated alkanes) is 2. The van der Waals surface area contributed by atoms with Crippen molar-refractivity contribution in [3.63, 3.8) is 0 Å². The highest BCUT2D eigenvalue weighted by molar-refractivity contribution is 5.93. The Morgan fingerprint density at radius 2 is 1.44 bits per heavy atom. The molecule has 0 radical (unpaired) electrons. The molecule has 0 aliphatic rings. The average molecular weight is 450 g/mol. The molecular weight excluding hydrogens is 428 g/mol. The predicted molar refractivity (Wildman–Crippen MR) is 111 cm³/mol. The molecule has 0 spiro atoms. The van der Waals surface area contributed by atoms with Crippen molar-refractivity contribution in [2.24, 2.45) is 0 Å². The smallest absolute Gasteiger partial charge is 0.342 e. The van der Waals surface area contributed by atoms with Gasteiger partial charge in [-0.2, -0.15) is 0 Å². The number of ether oxygens (including phenoxy) is 4. The molecular formula is C20H22N2O10. The first-order valence-corrected chi connectivity index (χ1v) is 9.46. The lowest BCUT2D eigenvalue weighted by atomic mass is 10.1. The van der Waals surface area contributed by atoms with Crippen LogP contribution in [0.25, 0.3) is 0 Å². The number of carboxylic acids is 1. The van der Waals surface area contributed by atoms with E-state index in [1.165, 1.54) is 32.4 Å². The lowest BCUT2D eigenvalue weighted by Crippen LogP contribution is -2.06. The van der Waals surface area contributed by atoms with Crippen LogP contribution < -0.4 is 18.9 Å². The van der Waals surface area contributed by atoms with Gasteiger partial charge in [0.15, 0.2) is 23.0 Å². The van der Waals surface area contributed by atoms with Crippen molar-refractivity contribution in [3.8, 4) is 23.0 Å². The third-order valence-electron chi connectivity index (χ3n) is 4.37. The van der Waals surface area contributed by atoms with E-state index in [1.54, 1.807) is 0 Å². The summed E-state index contributed by atoms with van der Waals surface area (Å²) in [6, 6.07) is 6.16. The minimum absolute atomic E-state index is 0.0711. The van der Waals surface area contributed by atoms with Crippen LogP contribution in [0.15, 0.2) is 30.3 Å². The molecule has 0 aliphatic heterocycles. The molecule has 0 atom stereocenters. The third-order valence-corrected chi connectivity index (χ3v) is 4.37. The second-order valence-corrected chi connectivity index (χ2v) is 6.43. The van der Waals surface area contributed by atoms with Crippen LogP contribution in [-0.2, 0) is 0 Å². The highest BCUT2D eigenvalue weighted by Crippen LogP contribution is 2.35. The maximum atomic E-state index is 11.2. The first kappa shape index (κ1) is 24.2. The fourth-order valence-electron chi connectivity index (χ4n) is 2.78. The lowest BCUT2D eigenvalue weighted by molar-refractivity contribution is -0.385. The van der Waals surface area contributed by atoms with Gasteiger partial charge < -0.3 is 24.1 Å². The van der Waals surface area contributed by atoms with Crippen LogP contribution in [0.5, 0.6) is 23.0 Å². The molecule has 32 heavy (non-hydrogen) atoms. The number of methoxy groups -OCH3 is 2. The normalized spacial score (nSPS) is 10.3. The Kier molecular flexibility index (Phi) is 8.57. The van der Waals surface area contributed by atoms with Crippen molar-refractivity contribution in [2.75, 3.05) is 27.4 Å². The van der Waals surface area contributed by atoms with Crippen LogP contribution in [0, 0.1) is 20.2 Å². The Bertz CT molecular complexity index is 993. The van der Waals surface area contributed by atoms with Crippen LogP contribution in [-0.4, -0.2) is 48.4 Å². The van der Waals surface area contributed by atoms with Crippen molar-refractivity contribution in [1.82, 2.24) is 0 Å². The molecule has 172 valence electrons.